The Kier molecular flexibility index (Phi) is 3.22. The molecule has 18 heavy (non-hydrogen) atoms. The number of benzene rings is 1. The van der Waals surface area contributed by atoms with Gasteiger partial charge in [-0.2, -0.15) is 18.2 Å². The number of hydrogen-bond donors (Lipinski definition) is 1. The Morgan fingerprint density at radius 1 is 1.22 bits per heavy atom. The minimum absolute atomic E-state index is 0.0504. The smallest absolute Gasteiger partial charge is 0.389 e. The van der Waals surface area contributed by atoms with Crippen LogP contribution in [0.1, 0.15) is 12.3 Å². The van der Waals surface area contributed by atoms with Crippen LogP contribution in [0.25, 0.3) is 11.4 Å². The van der Waals surface area contributed by atoms with Crippen molar-refractivity contribution in [1.29, 1.82) is 0 Å². The molecule has 0 saturated carbocycles. The number of para-hydroxylation sites is 1. The van der Waals surface area contributed by atoms with Crippen molar-refractivity contribution in [2.45, 2.75) is 19.0 Å². The molecule has 2 rings (SSSR count). The molecule has 0 saturated heterocycles. The quantitative estimate of drug-likeness (QED) is 0.858. The lowest BCUT2D eigenvalue weighted by Gasteiger charge is -2.01. The average Bonchev–Trinajstić information content (AvgIpc) is 2.75. The second-order valence-electron chi connectivity index (χ2n) is 3.71. The van der Waals surface area contributed by atoms with Crippen molar-refractivity contribution in [3.63, 3.8) is 0 Å². The molecule has 1 heterocycles. The summed E-state index contributed by atoms with van der Waals surface area (Å²) in [5.41, 5.74) is 6.69. The first-order valence-electron chi connectivity index (χ1n) is 5.20. The van der Waals surface area contributed by atoms with Gasteiger partial charge in [-0.05, 0) is 12.1 Å². The van der Waals surface area contributed by atoms with Gasteiger partial charge in [0.1, 0.15) is 0 Å². The number of nitrogens with zero attached hydrogens (tertiary/aromatic N) is 2. The fourth-order valence-corrected chi connectivity index (χ4v) is 1.42. The maximum Gasteiger partial charge on any atom is 0.389 e. The van der Waals surface area contributed by atoms with Gasteiger partial charge in [0.05, 0.1) is 6.42 Å². The standard InChI is InChI=1S/C11H10F3N3O/c12-11(13,14)6-5-9-16-10(17-18-9)7-3-1-2-4-8(7)15/h1-4H,5-6,15H2. The number of halogens is 3. The maximum absolute atomic E-state index is 12.0. The highest BCUT2D eigenvalue weighted by molar-refractivity contribution is 5.70. The van der Waals surface area contributed by atoms with Crippen LogP contribution >= 0.6 is 0 Å². The number of aromatic nitrogens is 2. The Morgan fingerprint density at radius 2 is 1.94 bits per heavy atom. The van der Waals surface area contributed by atoms with E-state index in [2.05, 4.69) is 10.1 Å². The molecule has 0 radical (unpaired) electrons. The van der Waals surface area contributed by atoms with E-state index in [1.54, 1.807) is 24.3 Å². The summed E-state index contributed by atoms with van der Waals surface area (Å²) in [5, 5.41) is 3.61. The van der Waals surface area contributed by atoms with E-state index < -0.39 is 12.6 Å². The molecule has 2 aromatic rings. The van der Waals surface area contributed by atoms with Crippen molar-refractivity contribution < 1.29 is 17.7 Å². The third-order valence-corrected chi connectivity index (χ3v) is 2.29. The Balaban J connectivity index is 2.14. The summed E-state index contributed by atoms with van der Waals surface area (Å²) in [4.78, 5) is 3.89. The third kappa shape index (κ3) is 2.99. The Hall–Kier alpha value is -2.05. The molecule has 0 aliphatic heterocycles. The van der Waals surface area contributed by atoms with E-state index in [1.165, 1.54) is 0 Å². The molecule has 1 aromatic carbocycles. The van der Waals surface area contributed by atoms with E-state index in [-0.39, 0.29) is 18.1 Å². The van der Waals surface area contributed by atoms with Gasteiger partial charge in [-0.25, -0.2) is 0 Å². The van der Waals surface area contributed by atoms with E-state index in [1.807, 2.05) is 0 Å². The molecule has 0 amide bonds. The third-order valence-electron chi connectivity index (χ3n) is 2.29. The van der Waals surface area contributed by atoms with Crippen LogP contribution in [0.15, 0.2) is 28.8 Å². The normalized spacial score (nSPS) is 11.7. The van der Waals surface area contributed by atoms with Gasteiger partial charge in [0, 0.05) is 17.7 Å². The fourth-order valence-electron chi connectivity index (χ4n) is 1.42. The second-order valence-corrected chi connectivity index (χ2v) is 3.71. The van der Waals surface area contributed by atoms with Crippen LogP contribution < -0.4 is 5.73 Å². The zero-order valence-corrected chi connectivity index (χ0v) is 9.24. The number of alkyl halides is 3. The van der Waals surface area contributed by atoms with Crippen molar-refractivity contribution in [3.05, 3.63) is 30.2 Å². The van der Waals surface area contributed by atoms with Crippen molar-refractivity contribution >= 4 is 5.69 Å². The number of anilines is 1. The van der Waals surface area contributed by atoms with E-state index in [9.17, 15) is 13.2 Å². The summed E-state index contributed by atoms with van der Waals surface area (Å²) in [7, 11) is 0. The Labute approximate surface area is 101 Å². The van der Waals surface area contributed by atoms with Crippen LogP contribution in [-0.2, 0) is 6.42 Å². The molecule has 0 atom stereocenters. The molecule has 0 unspecified atom stereocenters. The SMILES string of the molecule is Nc1ccccc1-c1noc(CCC(F)(F)F)n1. The van der Waals surface area contributed by atoms with Crippen LogP contribution in [0, 0.1) is 0 Å². The summed E-state index contributed by atoms with van der Waals surface area (Å²) in [5.74, 6) is 0.149. The fraction of sp³-hybridized carbons (Fsp3) is 0.273. The molecule has 0 aliphatic rings. The lowest BCUT2D eigenvalue weighted by Crippen LogP contribution is -2.08. The predicted molar refractivity (Wildman–Crippen MR) is 58.5 cm³/mol. The average molecular weight is 257 g/mol. The lowest BCUT2D eigenvalue weighted by molar-refractivity contribution is -0.134. The summed E-state index contributed by atoms with van der Waals surface area (Å²) in [6, 6.07) is 6.80. The number of rotatable bonds is 3. The van der Waals surface area contributed by atoms with E-state index in [0.29, 0.717) is 11.3 Å². The summed E-state index contributed by atoms with van der Waals surface area (Å²) in [6.07, 6.45) is -5.55. The Bertz CT molecular complexity index is 536. The minimum atomic E-state index is -4.24. The highest BCUT2D eigenvalue weighted by Gasteiger charge is 2.28. The zero-order valence-electron chi connectivity index (χ0n) is 9.24. The van der Waals surface area contributed by atoms with Gasteiger partial charge >= 0.3 is 6.18 Å². The summed E-state index contributed by atoms with van der Waals surface area (Å²) >= 11 is 0. The molecule has 2 N–H and O–H groups in total. The van der Waals surface area contributed by atoms with E-state index in [0.717, 1.165) is 0 Å². The number of nitrogen functional groups attached to an aromatic ring is 1. The molecular weight excluding hydrogens is 247 g/mol. The van der Waals surface area contributed by atoms with Crippen molar-refractivity contribution in [1.82, 2.24) is 10.1 Å². The monoisotopic (exact) mass is 257 g/mol. The highest BCUT2D eigenvalue weighted by Crippen LogP contribution is 2.25. The van der Waals surface area contributed by atoms with Gasteiger partial charge in [0.25, 0.3) is 0 Å². The molecule has 0 aliphatic carbocycles. The topological polar surface area (TPSA) is 64.9 Å². The van der Waals surface area contributed by atoms with Crippen LogP contribution in [0.4, 0.5) is 18.9 Å². The lowest BCUT2D eigenvalue weighted by atomic mass is 10.2. The van der Waals surface area contributed by atoms with Gasteiger partial charge in [0.15, 0.2) is 0 Å². The number of hydrogen-bond acceptors (Lipinski definition) is 4. The van der Waals surface area contributed by atoms with Gasteiger partial charge in [-0.15, -0.1) is 0 Å². The molecule has 0 spiro atoms. The van der Waals surface area contributed by atoms with Crippen LogP contribution in [0.2, 0.25) is 0 Å². The number of aryl methyl sites for hydroxylation is 1. The summed E-state index contributed by atoms with van der Waals surface area (Å²) < 4.78 is 40.8. The molecule has 1 aromatic heterocycles. The van der Waals surface area contributed by atoms with Gasteiger partial charge in [-0.3, -0.25) is 0 Å². The highest BCUT2D eigenvalue weighted by atomic mass is 19.4. The minimum Gasteiger partial charge on any atom is -0.398 e. The van der Waals surface area contributed by atoms with Crippen LogP contribution in [0.3, 0.4) is 0 Å². The molecule has 96 valence electrons. The van der Waals surface area contributed by atoms with Gasteiger partial charge < -0.3 is 10.3 Å². The largest absolute Gasteiger partial charge is 0.398 e. The van der Waals surface area contributed by atoms with Gasteiger partial charge in [0.2, 0.25) is 11.7 Å². The molecular formula is C11H10F3N3O. The van der Waals surface area contributed by atoms with Gasteiger partial charge in [-0.1, -0.05) is 17.3 Å². The first-order chi connectivity index (χ1) is 8.46. The zero-order chi connectivity index (χ0) is 13.2. The first-order valence-corrected chi connectivity index (χ1v) is 5.20. The second kappa shape index (κ2) is 4.67. The molecule has 7 heteroatoms. The van der Waals surface area contributed by atoms with Crippen molar-refractivity contribution in [2.24, 2.45) is 0 Å². The van der Waals surface area contributed by atoms with Crippen LogP contribution in [0.5, 0.6) is 0 Å². The molecule has 0 bridgehead atoms. The Morgan fingerprint density at radius 3 is 2.61 bits per heavy atom. The predicted octanol–water partition coefficient (Wildman–Crippen LogP) is 2.81. The first kappa shape index (κ1) is 12.4. The van der Waals surface area contributed by atoms with E-state index in [4.69, 9.17) is 10.3 Å². The molecule has 0 fully saturated rings. The maximum atomic E-state index is 12.0. The number of nitrogens with two attached hydrogens (primary N) is 1. The van der Waals surface area contributed by atoms with Crippen molar-refractivity contribution in [3.8, 4) is 11.4 Å². The summed E-state index contributed by atoms with van der Waals surface area (Å²) in [6.45, 7) is 0. The van der Waals surface area contributed by atoms with Crippen molar-refractivity contribution in [2.75, 3.05) is 5.73 Å². The molecule has 4 nitrogen and oxygen atoms in total. The van der Waals surface area contributed by atoms with Crippen LogP contribution in [-0.4, -0.2) is 16.3 Å². The van der Waals surface area contributed by atoms with E-state index >= 15 is 0 Å².